The second-order valence-electron chi connectivity index (χ2n) is 4.11. The van der Waals surface area contributed by atoms with Crippen molar-refractivity contribution in [2.45, 2.75) is 6.54 Å². The molecule has 0 bridgehead atoms. The first-order valence-electron chi connectivity index (χ1n) is 5.62. The van der Waals surface area contributed by atoms with Crippen molar-refractivity contribution < 1.29 is 0 Å². The highest BCUT2D eigenvalue weighted by atomic mass is 35.5. The van der Waals surface area contributed by atoms with Crippen LogP contribution in [0.2, 0.25) is 10.3 Å². The lowest BCUT2D eigenvalue weighted by Crippen LogP contribution is -2.15. The van der Waals surface area contributed by atoms with Gasteiger partial charge in [0.1, 0.15) is 0 Å². The van der Waals surface area contributed by atoms with Crippen molar-refractivity contribution in [2.75, 3.05) is 24.3 Å². The number of halogens is 2. The molecular formula is C12H13Cl2N5. The van der Waals surface area contributed by atoms with Gasteiger partial charge in [-0.3, -0.25) is 0 Å². The molecule has 0 amide bonds. The Morgan fingerprint density at radius 2 is 1.95 bits per heavy atom. The molecule has 0 atom stereocenters. The van der Waals surface area contributed by atoms with Gasteiger partial charge in [-0.15, -0.1) is 0 Å². The van der Waals surface area contributed by atoms with E-state index in [1.165, 1.54) is 0 Å². The Balaban J connectivity index is 2.11. The zero-order chi connectivity index (χ0) is 13.8. The Kier molecular flexibility index (Phi) is 4.39. The second-order valence-corrected chi connectivity index (χ2v) is 4.88. The molecule has 0 saturated carbocycles. The van der Waals surface area contributed by atoms with Crippen LogP contribution in [0.15, 0.2) is 24.3 Å². The number of rotatable bonds is 4. The molecule has 2 aromatic rings. The summed E-state index contributed by atoms with van der Waals surface area (Å²) in [6, 6.07) is 7.57. The van der Waals surface area contributed by atoms with Crippen molar-refractivity contribution in [3.05, 3.63) is 40.1 Å². The van der Waals surface area contributed by atoms with Crippen LogP contribution >= 0.6 is 23.2 Å². The minimum atomic E-state index is 0.160. The molecule has 1 aromatic carbocycles. The summed E-state index contributed by atoms with van der Waals surface area (Å²) in [5.74, 6) is 0.942. The molecule has 0 unspecified atom stereocenters. The quantitative estimate of drug-likeness (QED) is 0.940. The molecule has 0 saturated heterocycles. The van der Waals surface area contributed by atoms with E-state index >= 15 is 0 Å². The molecule has 5 nitrogen and oxygen atoms in total. The van der Waals surface area contributed by atoms with E-state index in [4.69, 9.17) is 23.2 Å². The van der Waals surface area contributed by atoms with Gasteiger partial charge in [-0.2, -0.15) is 15.0 Å². The van der Waals surface area contributed by atoms with Gasteiger partial charge in [0.2, 0.25) is 17.2 Å². The molecule has 1 aromatic heterocycles. The lowest BCUT2D eigenvalue weighted by Gasteiger charge is -2.11. The number of aromatic nitrogens is 3. The Hall–Kier alpha value is -1.59. The van der Waals surface area contributed by atoms with Crippen molar-refractivity contribution in [3.8, 4) is 0 Å². The highest BCUT2D eigenvalue weighted by Gasteiger charge is 2.06. The first kappa shape index (κ1) is 13.8. The van der Waals surface area contributed by atoms with E-state index in [2.05, 4.69) is 20.3 Å². The minimum Gasteiger partial charge on any atom is -0.350 e. The molecule has 0 radical (unpaired) electrons. The molecule has 0 spiro atoms. The molecular weight excluding hydrogens is 285 g/mol. The summed E-state index contributed by atoms with van der Waals surface area (Å²) in [6.45, 7) is 0.563. The molecule has 2 rings (SSSR count). The van der Waals surface area contributed by atoms with Crippen LogP contribution in [0.5, 0.6) is 0 Å². The van der Waals surface area contributed by atoms with E-state index < -0.39 is 0 Å². The Morgan fingerprint density at radius 1 is 1.16 bits per heavy atom. The van der Waals surface area contributed by atoms with Crippen LogP contribution in [0.1, 0.15) is 5.56 Å². The fourth-order valence-electron chi connectivity index (χ4n) is 1.45. The maximum absolute atomic E-state index is 5.92. The fourth-order valence-corrected chi connectivity index (χ4v) is 1.82. The highest BCUT2D eigenvalue weighted by molar-refractivity contribution is 6.30. The fraction of sp³-hybridized carbons (Fsp3) is 0.250. The lowest BCUT2D eigenvalue weighted by atomic mass is 10.2. The number of nitrogens with zero attached hydrogens (tertiary/aromatic N) is 4. The topological polar surface area (TPSA) is 53.9 Å². The lowest BCUT2D eigenvalue weighted by molar-refractivity contribution is 0.942. The summed E-state index contributed by atoms with van der Waals surface area (Å²) < 4.78 is 0. The first-order chi connectivity index (χ1) is 9.04. The molecule has 0 fully saturated rings. The Morgan fingerprint density at radius 3 is 2.63 bits per heavy atom. The van der Waals surface area contributed by atoms with Crippen molar-refractivity contribution in [2.24, 2.45) is 0 Å². The van der Waals surface area contributed by atoms with Gasteiger partial charge >= 0.3 is 0 Å². The predicted octanol–water partition coefficient (Wildman–Crippen LogP) is 2.86. The smallest absolute Gasteiger partial charge is 0.230 e. The van der Waals surface area contributed by atoms with Crippen LogP contribution in [0.3, 0.4) is 0 Å². The average molecular weight is 298 g/mol. The third kappa shape index (κ3) is 3.94. The molecule has 1 heterocycles. The summed E-state index contributed by atoms with van der Waals surface area (Å²) in [5.41, 5.74) is 1.04. The third-order valence-corrected chi connectivity index (χ3v) is 2.74. The van der Waals surface area contributed by atoms with E-state index in [0.29, 0.717) is 23.5 Å². The normalized spacial score (nSPS) is 10.3. The van der Waals surface area contributed by atoms with E-state index in [1.807, 2.05) is 38.4 Å². The number of anilines is 2. The Bertz CT molecular complexity index is 574. The Labute approximate surface area is 121 Å². The standard InChI is InChI=1S/C12H13Cl2N5/c1-19(2)12-17-10(14)16-11(18-12)15-7-8-4-3-5-9(13)6-8/h3-6H,7H2,1-2H3,(H,15,16,17,18). The molecule has 0 aliphatic carbocycles. The molecule has 7 heteroatoms. The number of hydrogen-bond donors (Lipinski definition) is 1. The van der Waals surface area contributed by atoms with Crippen molar-refractivity contribution in [3.63, 3.8) is 0 Å². The van der Waals surface area contributed by atoms with Gasteiger partial charge < -0.3 is 10.2 Å². The number of benzene rings is 1. The monoisotopic (exact) mass is 297 g/mol. The van der Waals surface area contributed by atoms with Gasteiger partial charge in [-0.05, 0) is 29.3 Å². The maximum Gasteiger partial charge on any atom is 0.230 e. The van der Waals surface area contributed by atoms with Gasteiger partial charge in [0.05, 0.1) is 0 Å². The predicted molar refractivity (Wildman–Crippen MR) is 77.9 cm³/mol. The zero-order valence-corrected chi connectivity index (χ0v) is 12.1. The summed E-state index contributed by atoms with van der Waals surface area (Å²) in [4.78, 5) is 14.0. The van der Waals surface area contributed by atoms with Gasteiger partial charge in [0.15, 0.2) is 0 Å². The van der Waals surface area contributed by atoms with Crippen molar-refractivity contribution in [1.82, 2.24) is 15.0 Å². The van der Waals surface area contributed by atoms with E-state index in [-0.39, 0.29) is 5.28 Å². The van der Waals surface area contributed by atoms with Gasteiger partial charge in [-0.25, -0.2) is 0 Å². The summed E-state index contributed by atoms with van der Waals surface area (Å²) >= 11 is 11.8. The molecule has 0 aliphatic rings. The van der Waals surface area contributed by atoms with Crippen molar-refractivity contribution in [1.29, 1.82) is 0 Å². The van der Waals surface area contributed by atoms with Crippen LogP contribution in [-0.2, 0) is 6.54 Å². The van der Waals surface area contributed by atoms with Crippen LogP contribution in [0.25, 0.3) is 0 Å². The van der Waals surface area contributed by atoms with E-state index in [9.17, 15) is 0 Å². The molecule has 19 heavy (non-hydrogen) atoms. The SMILES string of the molecule is CN(C)c1nc(Cl)nc(NCc2cccc(Cl)c2)n1. The third-order valence-electron chi connectivity index (χ3n) is 2.34. The van der Waals surface area contributed by atoms with Crippen LogP contribution < -0.4 is 10.2 Å². The molecule has 100 valence electrons. The number of hydrogen-bond acceptors (Lipinski definition) is 5. The van der Waals surface area contributed by atoms with Crippen LogP contribution in [-0.4, -0.2) is 29.0 Å². The van der Waals surface area contributed by atoms with Crippen molar-refractivity contribution >= 4 is 35.1 Å². The van der Waals surface area contributed by atoms with Gasteiger partial charge in [0, 0.05) is 25.7 Å². The van der Waals surface area contributed by atoms with E-state index in [0.717, 1.165) is 5.56 Å². The van der Waals surface area contributed by atoms with Gasteiger partial charge in [-0.1, -0.05) is 23.7 Å². The largest absolute Gasteiger partial charge is 0.350 e. The minimum absolute atomic E-state index is 0.160. The highest BCUT2D eigenvalue weighted by Crippen LogP contribution is 2.14. The zero-order valence-electron chi connectivity index (χ0n) is 10.6. The summed E-state index contributed by atoms with van der Waals surface area (Å²) in [5, 5.41) is 3.95. The first-order valence-corrected chi connectivity index (χ1v) is 6.37. The second kappa shape index (κ2) is 6.04. The maximum atomic E-state index is 5.92. The van der Waals surface area contributed by atoms with E-state index in [1.54, 1.807) is 4.90 Å². The van der Waals surface area contributed by atoms with Crippen LogP contribution in [0.4, 0.5) is 11.9 Å². The van der Waals surface area contributed by atoms with Gasteiger partial charge in [0.25, 0.3) is 0 Å². The summed E-state index contributed by atoms with van der Waals surface area (Å²) in [7, 11) is 3.68. The number of nitrogens with one attached hydrogen (secondary N) is 1. The molecule has 0 aliphatic heterocycles. The molecule has 1 N–H and O–H groups in total. The van der Waals surface area contributed by atoms with Crippen LogP contribution in [0, 0.1) is 0 Å². The summed E-state index contributed by atoms with van der Waals surface area (Å²) in [6.07, 6.45) is 0. The average Bonchev–Trinajstić information content (AvgIpc) is 2.36.